The maximum absolute atomic E-state index is 2.67. The number of nitrogens with zero attached hydrogens (tertiary/aromatic N) is 1. The van der Waals surface area contributed by atoms with Crippen molar-refractivity contribution < 1.29 is 0 Å². The first-order valence-electron chi connectivity index (χ1n) is 5.16. The molecule has 0 radical (unpaired) electrons. The first kappa shape index (κ1) is 8.31. The van der Waals surface area contributed by atoms with Gasteiger partial charge in [-0.1, -0.05) is 17.6 Å². The predicted molar refractivity (Wildman–Crippen MR) is 52.2 cm³/mol. The van der Waals surface area contributed by atoms with Gasteiger partial charge in [-0.2, -0.15) is 0 Å². The number of hydrogen-bond donors (Lipinski definition) is 0. The lowest BCUT2D eigenvalue weighted by Gasteiger charge is -2.40. The van der Waals surface area contributed by atoms with Gasteiger partial charge in [0, 0.05) is 19.1 Å². The van der Waals surface area contributed by atoms with Crippen molar-refractivity contribution in [3.8, 4) is 0 Å². The van der Waals surface area contributed by atoms with Gasteiger partial charge in [0.2, 0.25) is 0 Å². The highest BCUT2D eigenvalue weighted by Gasteiger charge is 2.26. The van der Waals surface area contributed by atoms with Crippen LogP contribution in [0.25, 0.3) is 0 Å². The van der Waals surface area contributed by atoms with Gasteiger partial charge in [0.05, 0.1) is 0 Å². The van der Waals surface area contributed by atoms with Crippen LogP contribution >= 0.6 is 0 Å². The highest BCUT2D eigenvalue weighted by molar-refractivity contribution is 5.15. The minimum absolute atomic E-state index is 0.938. The molecular formula is C11H19N. The zero-order chi connectivity index (χ0) is 8.55. The van der Waals surface area contributed by atoms with Crippen LogP contribution in [0.2, 0.25) is 0 Å². The molecule has 0 atom stereocenters. The van der Waals surface area contributed by atoms with Gasteiger partial charge in [-0.15, -0.1) is 0 Å². The minimum Gasteiger partial charge on any atom is -0.296 e. The minimum atomic E-state index is 0.938. The SMILES string of the molecule is CC1=C(C)CN(C2CCC2)CC1. The molecule has 1 aliphatic carbocycles. The van der Waals surface area contributed by atoms with Gasteiger partial charge in [-0.25, -0.2) is 0 Å². The lowest BCUT2D eigenvalue weighted by Crippen LogP contribution is -2.43. The highest BCUT2D eigenvalue weighted by Crippen LogP contribution is 2.28. The monoisotopic (exact) mass is 165 g/mol. The van der Waals surface area contributed by atoms with Crippen LogP contribution in [-0.2, 0) is 0 Å². The average molecular weight is 165 g/mol. The molecule has 0 spiro atoms. The van der Waals surface area contributed by atoms with Crippen molar-refractivity contribution in [3.05, 3.63) is 11.1 Å². The van der Waals surface area contributed by atoms with Crippen LogP contribution in [0, 0.1) is 0 Å². The first-order chi connectivity index (χ1) is 5.77. The molecule has 0 bridgehead atoms. The summed E-state index contributed by atoms with van der Waals surface area (Å²) in [6.45, 7) is 7.14. The smallest absolute Gasteiger partial charge is 0.0195 e. The zero-order valence-electron chi connectivity index (χ0n) is 8.27. The van der Waals surface area contributed by atoms with Gasteiger partial charge in [-0.05, 0) is 33.1 Å². The normalized spacial score (nSPS) is 27.5. The van der Waals surface area contributed by atoms with Crippen molar-refractivity contribution in [2.75, 3.05) is 13.1 Å². The Bertz CT molecular complexity index is 201. The summed E-state index contributed by atoms with van der Waals surface area (Å²) in [5.41, 5.74) is 3.25. The standard InChI is InChI=1S/C11H19N/c1-9-6-7-12(8-10(9)2)11-4-3-5-11/h11H,3-8H2,1-2H3. The summed E-state index contributed by atoms with van der Waals surface area (Å²) in [7, 11) is 0. The quantitative estimate of drug-likeness (QED) is 0.540. The van der Waals surface area contributed by atoms with Crippen molar-refractivity contribution in [2.24, 2.45) is 0 Å². The van der Waals surface area contributed by atoms with E-state index >= 15 is 0 Å². The van der Waals surface area contributed by atoms with E-state index in [0.717, 1.165) is 6.04 Å². The summed E-state index contributed by atoms with van der Waals surface area (Å²) in [5.74, 6) is 0. The molecular weight excluding hydrogens is 146 g/mol. The Labute approximate surface area is 75.4 Å². The second kappa shape index (κ2) is 3.21. The summed E-state index contributed by atoms with van der Waals surface area (Å²) in [6.07, 6.45) is 5.67. The van der Waals surface area contributed by atoms with Crippen LogP contribution in [-0.4, -0.2) is 24.0 Å². The van der Waals surface area contributed by atoms with Crippen LogP contribution in [0.15, 0.2) is 11.1 Å². The second-order valence-corrected chi connectivity index (χ2v) is 4.37. The molecule has 1 heterocycles. The van der Waals surface area contributed by atoms with Crippen LogP contribution in [0.3, 0.4) is 0 Å². The molecule has 0 aromatic rings. The first-order valence-corrected chi connectivity index (χ1v) is 5.16. The molecule has 0 aromatic carbocycles. The van der Waals surface area contributed by atoms with E-state index in [9.17, 15) is 0 Å². The molecule has 1 nitrogen and oxygen atoms in total. The van der Waals surface area contributed by atoms with E-state index in [0.29, 0.717) is 0 Å². The van der Waals surface area contributed by atoms with E-state index in [4.69, 9.17) is 0 Å². The van der Waals surface area contributed by atoms with Gasteiger partial charge >= 0.3 is 0 Å². The summed E-state index contributed by atoms with van der Waals surface area (Å²) in [4.78, 5) is 2.67. The van der Waals surface area contributed by atoms with E-state index in [1.807, 2.05) is 0 Å². The number of hydrogen-bond acceptors (Lipinski definition) is 1. The third-order valence-electron chi connectivity index (χ3n) is 3.53. The van der Waals surface area contributed by atoms with Crippen LogP contribution in [0.5, 0.6) is 0 Å². The fourth-order valence-corrected chi connectivity index (χ4v) is 2.11. The molecule has 0 amide bonds. The van der Waals surface area contributed by atoms with Crippen LogP contribution < -0.4 is 0 Å². The Morgan fingerprint density at radius 1 is 1.17 bits per heavy atom. The molecule has 1 aliphatic heterocycles. The fourth-order valence-electron chi connectivity index (χ4n) is 2.11. The van der Waals surface area contributed by atoms with Gasteiger partial charge in [-0.3, -0.25) is 4.90 Å². The largest absolute Gasteiger partial charge is 0.296 e. The Hall–Kier alpha value is -0.300. The third-order valence-corrected chi connectivity index (χ3v) is 3.53. The molecule has 12 heavy (non-hydrogen) atoms. The molecule has 2 aliphatic rings. The Balaban J connectivity index is 1.95. The highest BCUT2D eigenvalue weighted by atomic mass is 15.2. The van der Waals surface area contributed by atoms with Crippen LogP contribution in [0.1, 0.15) is 39.5 Å². The maximum atomic E-state index is 2.67. The van der Waals surface area contributed by atoms with E-state index in [2.05, 4.69) is 18.7 Å². The van der Waals surface area contributed by atoms with Gasteiger partial charge in [0.15, 0.2) is 0 Å². The van der Waals surface area contributed by atoms with Gasteiger partial charge < -0.3 is 0 Å². The molecule has 0 N–H and O–H groups in total. The van der Waals surface area contributed by atoms with Crippen molar-refractivity contribution in [3.63, 3.8) is 0 Å². The van der Waals surface area contributed by atoms with Gasteiger partial charge in [0.1, 0.15) is 0 Å². The summed E-state index contributed by atoms with van der Waals surface area (Å²) < 4.78 is 0. The summed E-state index contributed by atoms with van der Waals surface area (Å²) >= 11 is 0. The molecule has 2 rings (SSSR count). The molecule has 1 saturated carbocycles. The van der Waals surface area contributed by atoms with Crippen molar-refractivity contribution in [1.29, 1.82) is 0 Å². The summed E-state index contributed by atoms with van der Waals surface area (Å²) in [5, 5.41) is 0. The Kier molecular flexibility index (Phi) is 2.22. The third kappa shape index (κ3) is 1.42. The van der Waals surface area contributed by atoms with Gasteiger partial charge in [0.25, 0.3) is 0 Å². The maximum Gasteiger partial charge on any atom is 0.0195 e. The topological polar surface area (TPSA) is 3.24 Å². The molecule has 1 heteroatoms. The average Bonchev–Trinajstić information content (AvgIpc) is 1.93. The van der Waals surface area contributed by atoms with E-state index in [1.165, 1.54) is 38.8 Å². The second-order valence-electron chi connectivity index (χ2n) is 4.37. The molecule has 1 fully saturated rings. The molecule has 0 aromatic heterocycles. The van der Waals surface area contributed by atoms with E-state index < -0.39 is 0 Å². The lowest BCUT2D eigenvalue weighted by atomic mass is 9.89. The van der Waals surface area contributed by atoms with E-state index in [1.54, 1.807) is 11.1 Å². The van der Waals surface area contributed by atoms with Crippen molar-refractivity contribution in [1.82, 2.24) is 4.90 Å². The zero-order valence-corrected chi connectivity index (χ0v) is 8.27. The van der Waals surface area contributed by atoms with E-state index in [-0.39, 0.29) is 0 Å². The molecule has 68 valence electrons. The van der Waals surface area contributed by atoms with Crippen molar-refractivity contribution >= 4 is 0 Å². The Morgan fingerprint density at radius 2 is 1.92 bits per heavy atom. The lowest BCUT2D eigenvalue weighted by molar-refractivity contribution is 0.133. The van der Waals surface area contributed by atoms with Crippen LogP contribution in [0.4, 0.5) is 0 Å². The molecule has 0 unspecified atom stereocenters. The fraction of sp³-hybridized carbons (Fsp3) is 0.818. The summed E-state index contributed by atoms with van der Waals surface area (Å²) in [6, 6.07) is 0.938. The molecule has 0 saturated heterocycles. The number of rotatable bonds is 1. The van der Waals surface area contributed by atoms with Crippen molar-refractivity contribution in [2.45, 2.75) is 45.6 Å². The predicted octanol–water partition coefficient (Wildman–Crippen LogP) is 2.58. The Morgan fingerprint density at radius 3 is 2.42 bits per heavy atom.